The van der Waals surface area contributed by atoms with Gasteiger partial charge in [0, 0.05) is 76.5 Å². The van der Waals surface area contributed by atoms with Crippen LogP contribution in [-0.2, 0) is 43.0 Å². The van der Waals surface area contributed by atoms with Gasteiger partial charge in [-0.2, -0.15) is 13.7 Å². The van der Waals surface area contributed by atoms with Crippen LogP contribution in [0, 0.1) is 41.7 Å². The van der Waals surface area contributed by atoms with Gasteiger partial charge in [-0.3, -0.25) is 4.18 Å². The molecule has 3 fully saturated rings. The van der Waals surface area contributed by atoms with E-state index >= 15 is 0 Å². The summed E-state index contributed by atoms with van der Waals surface area (Å²) >= 11 is 0. The van der Waals surface area contributed by atoms with E-state index in [1.165, 1.54) is 30.1 Å². The van der Waals surface area contributed by atoms with Crippen LogP contribution in [0.25, 0.3) is 0 Å². The number of halogens is 2. The summed E-state index contributed by atoms with van der Waals surface area (Å²) in [5.74, 6) is -0.346. The predicted octanol–water partition coefficient (Wildman–Crippen LogP) is 3.59. The summed E-state index contributed by atoms with van der Waals surface area (Å²) < 4.78 is 63.5. The van der Waals surface area contributed by atoms with Gasteiger partial charge in [0.05, 0.1) is 50.4 Å². The first kappa shape index (κ1) is 57.4. The average Bonchev–Trinajstić information content (AvgIpc) is 4.02. The zero-order valence-corrected chi connectivity index (χ0v) is 39.8. The number of nitriles is 1. The van der Waals surface area contributed by atoms with E-state index in [0.29, 0.717) is 45.3 Å². The van der Waals surface area contributed by atoms with Gasteiger partial charge in [0.15, 0.2) is 0 Å². The lowest BCUT2D eigenvalue weighted by Gasteiger charge is -2.30. The monoisotopic (exact) mass is 997 g/mol. The Morgan fingerprint density at radius 3 is 1.26 bits per heavy atom. The van der Waals surface area contributed by atoms with E-state index in [2.05, 4.69) is 40.3 Å². The number of imidazole rings is 3. The maximum atomic E-state index is 12.9. The zero-order chi connectivity index (χ0) is 49.3. The molecule has 0 unspecified atom stereocenters. The van der Waals surface area contributed by atoms with Crippen molar-refractivity contribution in [2.45, 2.75) is 103 Å². The third-order valence-electron chi connectivity index (χ3n) is 10.1. The minimum atomic E-state index is -3.39. The van der Waals surface area contributed by atoms with Gasteiger partial charge in [0.1, 0.15) is 43.4 Å². The average molecular weight is 999 g/mol. The summed E-state index contributed by atoms with van der Waals surface area (Å²) in [4.78, 5) is 48.4. The van der Waals surface area contributed by atoms with Gasteiger partial charge in [0.25, 0.3) is 10.1 Å². The van der Waals surface area contributed by atoms with E-state index in [-0.39, 0.29) is 30.1 Å². The molecule has 3 aliphatic rings. The number of nitro groups is 3. The molecule has 3 aromatic rings. The van der Waals surface area contributed by atoms with E-state index in [1.807, 2.05) is 0 Å². The smallest absolute Gasteiger partial charge is 0.393 e. The van der Waals surface area contributed by atoms with E-state index in [4.69, 9.17) is 9.44 Å². The number of alkyl halides is 1. The normalized spacial score (nSPS) is 16.7. The standard InChI is InChI=1S/C12H20N4O5S.C11H17FN4O2.C11H18N4O3.C2H3N.CH3ClO2S/c1-22(19,20)21-11-3-8-14(9-4-11)6-2-7-15-10-5-13-12(15)16(17)18;12-10-2-7-14(8-3-10)5-1-6-15-9-4-13-11(15)16(17)18;16-10-2-7-13(8-3-10)5-1-6-14-9-4-12-11(14)15(17)18;1-2-3;1-5(2,3)4/h5,10-11H,2-4,6-9H2,1H3;4,9-10H,1-3,5-8H2;4,9-10,16H,1-3,5-8H2;1H3;1H3. The number of aryl methyl sites for hydroxylation is 3. The fraction of sp³-hybridized carbons (Fsp3) is 0.730. The second-order valence-corrected chi connectivity index (χ2v) is 20.1. The molecule has 0 atom stereocenters. The molecule has 0 aliphatic carbocycles. The number of nitrogens with zero attached hydrogens (tertiary/aromatic N) is 13. The van der Waals surface area contributed by atoms with Crippen LogP contribution >= 0.6 is 10.7 Å². The quantitative estimate of drug-likeness (QED) is 0.0874. The summed E-state index contributed by atoms with van der Waals surface area (Å²) in [7, 11) is -2.09. The first-order chi connectivity index (χ1) is 31.1. The van der Waals surface area contributed by atoms with Crippen LogP contribution in [0.4, 0.5) is 22.2 Å². The van der Waals surface area contributed by atoms with Crippen LogP contribution in [0.2, 0.25) is 0 Å². The minimum Gasteiger partial charge on any atom is -0.393 e. The van der Waals surface area contributed by atoms with Crippen molar-refractivity contribution in [3.63, 3.8) is 0 Å². The second kappa shape index (κ2) is 29.8. The molecular formula is C37H61ClFN13O12S2. The molecule has 0 spiro atoms. The van der Waals surface area contributed by atoms with Crippen molar-refractivity contribution in [2.24, 2.45) is 0 Å². The molecule has 0 aromatic carbocycles. The molecule has 0 amide bonds. The first-order valence-corrected chi connectivity index (χ1v) is 25.7. The molecule has 29 heteroatoms. The Hall–Kier alpha value is -4.76. The van der Waals surface area contributed by atoms with Crippen molar-refractivity contribution in [3.8, 4) is 6.07 Å². The van der Waals surface area contributed by atoms with Crippen molar-refractivity contribution >= 4 is 47.7 Å². The fourth-order valence-electron chi connectivity index (χ4n) is 7.08. The molecule has 372 valence electrons. The Kier molecular flexibility index (Phi) is 25.9. The molecule has 0 radical (unpaired) electrons. The Morgan fingerprint density at radius 2 is 0.970 bits per heavy atom. The number of aliphatic hydroxyl groups excluding tert-OH is 1. The first-order valence-electron chi connectivity index (χ1n) is 21.1. The zero-order valence-electron chi connectivity index (χ0n) is 37.4. The lowest BCUT2D eigenvalue weighted by molar-refractivity contribution is -0.396. The highest BCUT2D eigenvalue weighted by Gasteiger charge is 2.24. The molecule has 1 N–H and O–H groups in total. The van der Waals surface area contributed by atoms with Gasteiger partial charge in [-0.05, 0) is 72.6 Å². The molecule has 25 nitrogen and oxygen atoms in total. The number of rotatable bonds is 17. The minimum absolute atomic E-state index is 0.0935. The van der Waals surface area contributed by atoms with Gasteiger partial charge in [-0.25, -0.2) is 26.5 Å². The second-order valence-electron chi connectivity index (χ2n) is 15.4. The van der Waals surface area contributed by atoms with E-state index in [0.717, 1.165) is 104 Å². The number of piperidine rings is 3. The maximum Gasteiger partial charge on any atom is 0.434 e. The lowest BCUT2D eigenvalue weighted by Crippen LogP contribution is -2.38. The highest BCUT2D eigenvalue weighted by Crippen LogP contribution is 2.18. The Bertz CT molecular complexity index is 2080. The summed E-state index contributed by atoms with van der Waals surface area (Å²) in [6, 6.07) is 1.75. The predicted molar refractivity (Wildman–Crippen MR) is 240 cm³/mol. The molecule has 6 rings (SSSR count). The number of hydrogen-bond donors (Lipinski definition) is 1. The summed E-state index contributed by atoms with van der Waals surface area (Å²) in [6.45, 7) is 10.6. The van der Waals surface area contributed by atoms with Crippen LogP contribution in [0.5, 0.6) is 0 Å². The SMILES string of the molecule is CC#N.CS(=O)(=O)Cl.CS(=O)(=O)OC1CCN(CCCn2ccnc2[N+](=O)[O-])CC1.O=[N+]([O-])c1nccn1CCCN1CCC(F)CC1.O=[N+]([O-])c1nccn1CCCN1CCC(O)CC1. The number of aromatic nitrogens is 6. The molecule has 0 bridgehead atoms. The van der Waals surface area contributed by atoms with Crippen molar-refractivity contribution < 1.29 is 45.3 Å². The molecule has 66 heavy (non-hydrogen) atoms. The van der Waals surface area contributed by atoms with Crippen molar-refractivity contribution in [2.75, 3.05) is 71.4 Å². The summed E-state index contributed by atoms with van der Waals surface area (Å²) in [5, 5.41) is 48.8. The largest absolute Gasteiger partial charge is 0.434 e. The lowest BCUT2D eigenvalue weighted by atomic mass is 10.1. The maximum absolute atomic E-state index is 12.9. The van der Waals surface area contributed by atoms with Gasteiger partial charge < -0.3 is 50.1 Å². The molecule has 0 saturated carbocycles. The van der Waals surface area contributed by atoms with Gasteiger partial charge in [-0.15, -0.1) is 0 Å². The van der Waals surface area contributed by atoms with E-state index < -0.39 is 40.1 Å². The third kappa shape index (κ3) is 24.7. The summed E-state index contributed by atoms with van der Waals surface area (Å²) in [5.41, 5.74) is 0. The van der Waals surface area contributed by atoms with Crippen LogP contribution in [0.3, 0.4) is 0 Å². The van der Waals surface area contributed by atoms with Crippen molar-refractivity contribution in [1.82, 2.24) is 43.4 Å². The molecule has 3 saturated heterocycles. The molecule has 3 aromatic heterocycles. The van der Waals surface area contributed by atoms with Gasteiger partial charge >= 0.3 is 17.8 Å². The molecule has 6 heterocycles. The van der Waals surface area contributed by atoms with Gasteiger partial charge in [-0.1, -0.05) is 15.0 Å². The van der Waals surface area contributed by atoms with E-state index in [1.54, 1.807) is 33.8 Å². The van der Waals surface area contributed by atoms with Crippen LogP contribution in [-0.4, -0.2) is 170 Å². The topological polar surface area (TPSA) is 314 Å². The highest BCUT2D eigenvalue weighted by atomic mass is 35.7. The van der Waals surface area contributed by atoms with E-state index in [9.17, 15) is 56.7 Å². The van der Waals surface area contributed by atoms with Crippen LogP contribution < -0.4 is 0 Å². The summed E-state index contributed by atoms with van der Waals surface area (Å²) in [6.07, 6.45) is 16.8. The van der Waals surface area contributed by atoms with Gasteiger partial charge in [0.2, 0.25) is 9.05 Å². The fourth-order valence-corrected chi connectivity index (χ4v) is 7.77. The van der Waals surface area contributed by atoms with Crippen molar-refractivity contribution in [3.05, 3.63) is 67.5 Å². The number of likely N-dealkylation sites (tertiary alicyclic amines) is 3. The molecular weight excluding hydrogens is 937 g/mol. The Morgan fingerprint density at radius 1 is 0.682 bits per heavy atom. The Labute approximate surface area is 388 Å². The van der Waals surface area contributed by atoms with Crippen LogP contribution in [0.15, 0.2) is 37.2 Å². The van der Waals surface area contributed by atoms with Crippen molar-refractivity contribution in [1.29, 1.82) is 5.26 Å². The molecule has 3 aliphatic heterocycles. The third-order valence-corrected chi connectivity index (χ3v) is 10.7. The van der Waals surface area contributed by atoms with Crippen LogP contribution in [0.1, 0.15) is 64.7 Å². The number of aliphatic hydroxyl groups is 1. The number of hydrogen-bond acceptors (Lipinski definition) is 19. The highest BCUT2D eigenvalue weighted by molar-refractivity contribution is 8.13. The Balaban J connectivity index is 0.000000315.